The average Bonchev–Trinajstić information content (AvgIpc) is 2.88. The van der Waals surface area contributed by atoms with Crippen molar-refractivity contribution >= 4 is 5.91 Å². The zero-order chi connectivity index (χ0) is 14.6. The summed E-state index contributed by atoms with van der Waals surface area (Å²) in [6, 6.07) is 4.35. The molecule has 4 heteroatoms. The summed E-state index contributed by atoms with van der Waals surface area (Å²) in [6.45, 7) is 8.39. The molecular weight excluding hydrogens is 250 g/mol. The monoisotopic (exact) mass is 277 g/mol. The molecule has 112 valence electrons. The van der Waals surface area contributed by atoms with Crippen molar-refractivity contribution in [2.24, 2.45) is 0 Å². The predicted molar refractivity (Wildman–Crippen MR) is 82.0 cm³/mol. The lowest BCUT2D eigenvalue weighted by molar-refractivity contribution is 0.0896. The van der Waals surface area contributed by atoms with Crippen LogP contribution in [-0.4, -0.2) is 29.1 Å². The van der Waals surface area contributed by atoms with Crippen molar-refractivity contribution in [2.45, 2.75) is 58.0 Å². The summed E-state index contributed by atoms with van der Waals surface area (Å²) in [7, 11) is 0. The predicted octanol–water partition coefficient (Wildman–Crippen LogP) is 2.72. The van der Waals surface area contributed by atoms with Crippen molar-refractivity contribution < 1.29 is 4.79 Å². The summed E-state index contributed by atoms with van der Waals surface area (Å²) >= 11 is 0. The fraction of sp³-hybridized carbons (Fsp3) is 0.688. The third kappa shape index (κ3) is 3.63. The van der Waals surface area contributed by atoms with Gasteiger partial charge in [0.1, 0.15) is 5.69 Å². The van der Waals surface area contributed by atoms with Crippen LogP contribution in [0.3, 0.4) is 0 Å². The highest BCUT2D eigenvalue weighted by atomic mass is 16.2. The number of carbonyl (C=O) groups is 1. The molecule has 2 heterocycles. The van der Waals surface area contributed by atoms with Crippen LogP contribution in [0.15, 0.2) is 18.3 Å². The van der Waals surface area contributed by atoms with Gasteiger partial charge >= 0.3 is 0 Å². The maximum absolute atomic E-state index is 12.5. The second-order valence-electron chi connectivity index (χ2n) is 6.37. The highest BCUT2D eigenvalue weighted by Crippen LogP contribution is 2.22. The maximum atomic E-state index is 12.5. The molecule has 0 spiro atoms. The van der Waals surface area contributed by atoms with E-state index < -0.39 is 0 Å². The van der Waals surface area contributed by atoms with Crippen molar-refractivity contribution in [3.63, 3.8) is 0 Å². The first kappa shape index (κ1) is 15.1. The number of hydrogen-bond donors (Lipinski definition) is 2. The molecule has 0 aromatic carbocycles. The van der Waals surface area contributed by atoms with E-state index in [0.717, 1.165) is 44.5 Å². The molecular formula is C16H27N3O. The molecule has 1 aliphatic heterocycles. The van der Waals surface area contributed by atoms with E-state index in [2.05, 4.69) is 36.0 Å². The Labute approximate surface area is 121 Å². The van der Waals surface area contributed by atoms with Gasteiger partial charge in [0.2, 0.25) is 0 Å². The third-order valence-corrected chi connectivity index (χ3v) is 4.04. The molecule has 0 aliphatic carbocycles. The van der Waals surface area contributed by atoms with E-state index in [0.29, 0.717) is 6.04 Å². The average molecular weight is 277 g/mol. The van der Waals surface area contributed by atoms with E-state index in [-0.39, 0.29) is 11.4 Å². The summed E-state index contributed by atoms with van der Waals surface area (Å²) in [5.74, 6) is 0.0481. The van der Waals surface area contributed by atoms with Gasteiger partial charge in [-0.2, -0.15) is 0 Å². The minimum atomic E-state index is -0.144. The van der Waals surface area contributed by atoms with Gasteiger partial charge in [-0.25, -0.2) is 0 Å². The molecule has 1 aromatic heterocycles. The quantitative estimate of drug-likeness (QED) is 0.869. The van der Waals surface area contributed by atoms with Gasteiger partial charge in [-0.05, 0) is 58.3 Å². The lowest BCUT2D eigenvalue weighted by Crippen LogP contribution is -2.44. The number of hydrogen-bond acceptors (Lipinski definition) is 2. The molecule has 1 fully saturated rings. The number of aromatic nitrogens is 1. The molecule has 4 nitrogen and oxygen atoms in total. The zero-order valence-corrected chi connectivity index (χ0v) is 12.9. The van der Waals surface area contributed by atoms with Crippen molar-refractivity contribution in [3.05, 3.63) is 24.0 Å². The SMILES string of the molecule is CCCC(C)(C)NC(=O)c1cccn1C1CCNCC1. The van der Waals surface area contributed by atoms with E-state index in [1.807, 2.05) is 18.3 Å². The minimum absolute atomic E-state index is 0.0481. The summed E-state index contributed by atoms with van der Waals surface area (Å²) < 4.78 is 2.15. The van der Waals surface area contributed by atoms with Crippen LogP contribution in [0.4, 0.5) is 0 Å². The first-order valence-corrected chi connectivity index (χ1v) is 7.73. The van der Waals surface area contributed by atoms with Crippen LogP contribution < -0.4 is 10.6 Å². The lowest BCUT2D eigenvalue weighted by Gasteiger charge is -2.29. The summed E-state index contributed by atoms with van der Waals surface area (Å²) in [4.78, 5) is 12.5. The van der Waals surface area contributed by atoms with Gasteiger partial charge in [0.05, 0.1) is 0 Å². The molecule has 1 aromatic rings. The van der Waals surface area contributed by atoms with E-state index in [4.69, 9.17) is 0 Å². The van der Waals surface area contributed by atoms with E-state index >= 15 is 0 Å². The third-order valence-electron chi connectivity index (χ3n) is 4.04. The summed E-state index contributed by atoms with van der Waals surface area (Å²) in [5, 5.41) is 6.53. The zero-order valence-electron chi connectivity index (χ0n) is 12.9. The summed E-state index contributed by atoms with van der Waals surface area (Å²) in [6.07, 6.45) is 6.29. The van der Waals surface area contributed by atoms with Gasteiger partial charge in [0, 0.05) is 17.8 Å². The standard InChI is InChI=1S/C16H27N3O/c1-4-9-16(2,3)18-15(20)14-6-5-12-19(14)13-7-10-17-11-8-13/h5-6,12-13,17H,4,7-11H2,1-3H3,(H,18,20). The Morgan fingerprint density at radius 2 is 2.15 bits per heavy atom. The molecule has 2 N–H and O–H groups in total. The topological polar surface area (TPSA) is 46.1 Å². The molecule has 0 radical (unpaired) electrons. The molecule has 2 rings (SSSR count). The molecule has 1 saturated heterocycles. The highest BCUT2D eigenvalue weighted by Gasteiger charge is 2.24. The van der Waals surface area contributed by atoms with Gasteiger partial charge in [-0.1, -0.05) is 13.3 Å². The second-order valence-corrected chi connectivity index (χ2v) is 6.37. The number of amides is 1. The Bertz CT molecular complexity index is 444. The molecule has 0 unspecified atom stereocenters. The first-order chi connectivity index (χ1) is 9.53. The number of carbonyl (C=O) groups excluding carboxylic acids is 1. The normalized spacial score (nSPS) is 17.1. The van der Waals surface area contributed by atoms with Crippen molar-refractivity contribution in [2.75, 3.05) is 13.1 Å². The Morgan fingerprint density at radius 3 is 2.80 bits per heavy atom. The number of rotatable bonds is 5. The Kier molecular flexibility index (Phi) is 4.86. The van der Waals surface area contributed by atoms with Crippen LogP contribution in [0.25, 0.3) is 0 Å². The minimum Gasteiger partial charge on any atom is -0.346 e. The van der Waals surface area contributed by atoms with E-state index in [1.165, 1.54) is 0 Å². The van der Waals surface area contributed by atoms with Crippen LogP contribution in [0.1, 0.15) is 63.0 Å². The molecule has 1 aliphatic rings. The van der Waals surface area contributed by atoms with E-state index in [9.17, 15) is 4.79 Å². The number of nitrogens with one attached hydrogen (secondary N) is 2. The van der Waals surface area contributed by atoms with Crippen LogP contribution in [-0.2, 0) is 0 Å². The van der Waals surface area contributed by atoms with Gasteiger partial charge in [-0.15, -0.1) is 0 Å². The largest absolute Gasteiger partial charge is 0.346 e. The van der Waals surface area contributed by atoms with Crippen molar-refractivity contribution in [1.82, 2.24) is 15.2 Å². The Morgan fingerprint density at radius 1 is 1.45 bits per heavy atom. The Hall–Kier alpha value is -1.29. The lowest BCUT2D eigenvalue weighted by atomic mass is 9.98. The van der Waals surface area contributed by atoms with E-state index in [1.54, 1.807) is 0 Å². The van der Waals surface area contributed by atoms with Crippen molar-refractivity contribution in [1.29, 1.82) is 0 Å². The van der Waals surface area contributed by atoms with Crippen LogP contribution in [0.2, 0.25) is 0 Å². The second kappa shape index (κ2) is 6.44. The van der Waals surface area contributed by atoms with Crippen LogP contribution in [0.5, 0.6) is 0 Å². The van der Waals surface area contributed by atoms with Crippen LogP contribution in [0, 0.1) is 0 Å². The van der Waals surface area contributed by atoms with Gasteiger partial charge < -0.3 is 15.2 Å². The highest BCUT2D eigenvalue weighted by molar-refractivity contribution is 5.93. The number of piperidine rings is 1. The smallest absolute Gasteiger partial charge is 0.268 e. The molecule has 0 saturated carbocycles. The van der Waals surface area contributed by atoms with Gasteiger partial charge in [0.25, 0.3) is 5.91 Å². The fourth-order valence-corrected chi connectivity index (χ4v) is 3.05. The maximum Gasteiger partial charge on any atom is 0.268 e. The molecule has 0 atom stereocenters. The van der Waals surface area contributed by atoms with Crippen LogP contribution >= 0.6 is 0 Å². The molecule has 0 bridgehead atoms. The summed E-state index contributed by atoms with van der Waals surface area (Å²) in [5.41, 5.74) is 0.649. The first-order valence-electron chi connectivity index (χ1n) is 7.73. The fourth-order valence-electron chi connectivity index (χ4n) is 3.05. The molecule has 1 amide bonds. The van der Waals surface area contributed by atoms with Gasteiger partial charge in [0.15, 0.2) is 0 Å². The number of nitrogens with zero attached hydrogens (tertiary/aromatic N) is 1. The Balaban J connectivity index is 2.09. The van der Waals surface area contributed by atoms with Crippen molar-refractivity contribution in [3.8, 4) is 0 Å². The van der Waals surface area contributed by atoms with Gasteiger partial charge in [-0.3, -0.25) is 4.79 Å². The molecule has 20 heavy (non-hydrogen) atoms.